The fourth-order valence-corrected chi connectivity index (χ4v) is 1.21. The van der Waals surface area contributed by atoms with Crippen LogP contribution in [0.15, 0.2) is 24.3 Å². The van der Waals surface area contributed by atoms with Gasteiger partial charge in [-0.15, -0.1) is 0 Å². The number of phenols is 1. The van der Waals surface area contributed by atoms with E-state index in [1.807, 2.05) is 26.0 Å². The monoisotopic (exact) mass is 209 g/mol. The summed E-state index contributed by atoms with van der Waals surface area (Å²) in [5, 5.41) is 22.0. The van der Waals surface area contributed by atoms with Crippen molar-refractivity contribution in [2.24, 2.45) is 0 Å². The van der Waals surface area contributed by atoms with E-state index in [0.717, 1.165) is 12.0 Å². The molecular weight excluding hydrogens is 190 g/mol. The maximum atomic E-state index is 9.74. The zero-order valence-corrected chi connectivity index (χ0v) is 9.33. The fraction of sp³-hybridized carbons (Fsp3) is 0.500. The fourth-order valence-electron chi connectivity index (χ4n) is 1.21. The predicted octanol–water partition coefficient (Wildman–Crippen LogP) is 1.64. The van der Waals surface area contributed by atoms with Gasteiger partial charge in [0.05, 0.1) is 5.60 Å². The first kappa shape index (κ1) is 12.0. The van der Waals surface area contributed by atoms with Gasteiger partial charge in [-0.25, -0.2) is 0 Å². The van der Waals surface area contributed by atoms with E-state index in [0.29, 0.717) is 13.1 Å². The Kier molecular flexibility index (Phi) is 4.12. The minimum atomic E-state index is -0.642. The highest BCUT2D eigenvalue weighted by molar-refractivity contribution is 5.25. The molecule has 84 valence electrons. The molecule has 3 N–H and O–H groups in total. The van der Waals surface area contributed by atoms with Crippen LogP contribution in [-0.4, -0.2) is 22.4 Å². The third-order valence-electron chi connectivity index (χ3n) is 2.53. The molecule has 3 nitrogen and oxygen atoms in total. The number of phenolic OH excluding ortho intramolecular Hbond substituents is 1. The first-order valence-electron chi connectivity index (χ1n) is 5.24. The summed E-state index contributed by atoms with van der Waals surface area (Å²) in [6.45, 7) is 5.06. The Hall–Kier alpha value is -1.06. The Bertz CT molecular complexity index is 293. The van der Waals surface area contributed by atoms with Gasteiger partial charge in [0.2, 0.25) is 0 Å². The number of benzene rings is 1. The Morgan fingerprint density at radius 3 is 2.40 bits per heavy atom. The second-order valence-corrected chi connectivity index (χ2v) is 4.12. The van der Waals surface area contributed by atoms with Crippen molar-refractivity contribution in [3.05, 3.63) is 29.8 Å². The smallest absolute Gasteiger partial charge is 0.115 e. The van der Waals surface area contributed by atoms with Crippen molar-refractivity contribution < 1.29 is 10.2 Å². The highest BCUT2D eigenvalue weighted by atomic mass is 16.3. The molecule has 1 aromatic rings. The highest BCUT2D eigenvalue weighted by Gasteiger charge is 2.15. The first-order chi connectivity index (χ1) is 7.03. The van der Waals surface area contributed by atoms with Gasteiger partial charge in [-0.3, -0.25) is 0 Å². The Morgan fingerprint density at radius 1 is 1.27 bits per heavy atom. The van der Waals surface area contributed by atoms with Gasteiger partial charge >= 0.3 is 0 Å². The average Bonchev–Trinajstić information content (AvgIpc) is 2.21. The van der Waals surface area contributed by atoms with Crippen molar-refractivity contribution >= 4 is 0 Å². The first-order valence-corrected chi connectivity index (χ1v) is 5.24. The maximum Gasteiger partial charge on any atom is 0.115 e. The topological polar surface area (TPSA) is 52.5 Å². The van der Waals surface area contributed by atoms with Gasteiger partial charge in [0.15, 0.2) is 0 Å². The normalized spacial score (nSPS) is 14.9. The summed E-state index contributed by atoms with van der Waals surface area (Å²) in [7, 11) is 0. The van der Waals surface area contributed by atoms with Gasteiger partial charge in [0.1, 0.15) is 5.75 Å². The standard InChI is InChI=1S/C12H19NO2/c1-3-12(2,15)9-13-8-10-4-6-11(14)7-5-10/h4-7,13-15H,3,8-9H2,1-2H3. The molecule has 1 rings (SSSR count). The Balaban J connectivity index is 2.35. The van der Waals surface area contributed by atoms with Crippen LogP contribution in [0.25, 0.3) is 0 Å². The molecule has 0 spiro atoms. The van der Waals surface area contributed by atoms with Gasteiger partial charge in [-0.05, 0) is 31.0 Å². The molecule has 0 aliphatic rings. The summed E-state index contributed by atoms with van der Waals surface area (Å²) in [5.74, 6) is 0.277. The van der Waals surface area contributed by atoms with E-state index < -0.39 is 5.60 Å². The van der Waals surface area contributed by atoms with E-state index in [4.69, 9.17) is 5.11 Å². The van der Waals surface area contributed by atoms with Crippen LogP contribution in [0.1, 0.15) is 25.8 Å². The van der Waals surface area contributed by atoms with Gasteiger partial charge in [-0.1, -0.05) is 19.1 Å². The van der Waals surface area contributed by atoms with Crippen LogP contribution in [0.4, 0.5) is 0 Å². The van der Waals surface area contributed by atoms with E-state index in [9.17, 15) is 5.11 Å². The molecule has 0 aliphatic carbocycles. The number of hydrogen-bond acceptors (Lipinski definition) is 3. The second-order valence-electron chi connectivity index (χ2n) is 4.12. The Labute approximate surface area is 90.8 Å². The largest absolute Gasteiger partial charge is 0.508 e. The molecule has 3 heteroatoms. The number of nitrogens with one attached hydrogen (secondary N) is 1. The minimum Gasteiger partial charge on any atom is -0.508 e. The van der Waals surface area contributed by atoms with Crippen LogP contribution in [0, 0.1) is 0 Å². The summed E-state index contributed by atoms with van der Waals surface area (Å²) in [6.07, 6.45) is 0.732. The summed E-state index contributed by atoms with van der Waals surface area (Å²) >= 11 is 0. The van der Waals surface area contributed by atoms with Crippen LogP contribution in [0.5, 0.6) is 5.75 Å². The predicted molar refractivity (Wildman–Crippen MR) is 60.7 cm³/mol. The molecule has 0 bridgehead atoms. The van der Waals surface area contributed by atoms with Crippen molar-refractivity contribution in [3.63, 3.8) is 0 Å². The molecule has 1 unspecified atom stereocenters. The number of hydrogen-bond donors (Lipinski definition) is 3. The van der Waals surface area contributed by atoms with Crippen molar-refractivity contribution in [1.82, 2.24) is 5.32 Å². The molecule has 0 heterocycles. The summed E-state index contributed by atoms with van der Waals surface area (Å²) in [4.78, 5) is 0. The van der Waals surface area contributed by atoms with Crippen LogP contribution in [0.3, 0.4) is 0 Å². The zero-order chi connectivity index (χ0) is 11.3. The van der Waals surface area contributed by atoms with Crippen LogP contribution in [0.2, 0.25) is 0 Å². The van der Waals surface area contributed by atoms with Gasteiger partial charge in [0.25, 0.3) is 0 Å². The number of aliphatic hydroxyl groups is 1. The molecule has 0 saturated carbocycles. The van der Waals surface area contributed by atoms with Gasteiger partial charge in [0, 0.05) is 13.1 Å². The van der Waals surface area contributed by atoms with Crippen molar-refractivity contribution in [3.8, 4) is 5.75 Å². The number of rotatable bonds is 5. The molecule has 1 atom stereocenters. The van der Waals surface area contributed by atoms with Crippen LogP contribution < -0.4 is 5.32 Å². The molecule has 0 radical (unpaired) electrons. The minimum absolute atomic E-state index is 0.277. The lowest BCUT2D eigenvalue weighted by atomic mass is 10.0. The molecule has 0 amide bonds. The second kappa shape index (κ2) is 5.14. The summed E-state index contributed by atoms with van der Waals surface area (Å²) in [6, 6.07) is 7.05. The van der Waals surface area contributed by atoms with Crippen LogP contribution >= 0.6 is 0 Å². The van der Waals surface area contributed by atoms with E-state index in [2.05, 4.69) is 5.32 Å². The maximum absolute atomic E-state index is 9.74. The van der Waals surface area contributed by atoms with Gasteiger partial charge < -0.3 is 15.5 Å². The average molecular weight is 209 g/mol. The SMILES string of the molecule is CCC(C)(O)CNCc1ccc(O)cc1. The van der Waals surface area contributed by atoms with Crippen molar-refractivity contribution in [1.29, 1.82) is 0 Å². The lowest BCUT2D eigenvalue weighted by Crippen LogP contribution is -2.36. The van der Waals surface area contributed by atoms with E-state index in [1.54, 1.807) is 12.1 Å². The van der Waals surface area contributed by atoms with Crippen molar-refractivity contribution in [2.75, 3.05) is 6.54 Å². The highest BCUT2D eigenvalue weighted by Crippen LogP contribution is 2.10. The van der Waals surface area contributed by atoms with E-state index in [-0.39, 0.29) is 5.75 Å². The molecule has 0 saturated heterocycles. The Morgan fingerprint density at radius 2 is 1.87 bits per heavy atom. The quantitative estimate of drug-likeness (QED) is 0.691. The van der Waals surface area contributed by atoms with Crippen LogP contribution in [-0.2, 0) is 6.54 Å². The summed E-state index contributed by atoms with van der Waals surface area (Å²) < 4.78 is 0. The third-order valence-corrected chi connectivity index (χ3v) is 2.53. The van der Waals surface area contributed by atoms with E-state index in [1.165, 1.54) is 0 Å². The number of aromatic hydroxyl groups is 1. The molecular formula is C12H19NO2. The molecule has 15 heavy (non-hydrogen) atoms. The van der Waals surface area contributed by atoms with Gasteiger partial charge in [-0.2, -0.15) is 0 Å². The molecule has 0 aromatic heterocycles. The molecule has 1 aromatic carbocycles. The zero-order valence-electron chi connectivity index (χ0n) is 9.33. The summed E-state index contributed by atoms with van der Waals surface area (Å²) in [5.41, 5.74) is 0.455. The molecule has 0 aliphatic heterocycles. The molecule has 0 fully saturated rings. The van der Waals surface area contributed by atoms with E-state index >= 15 is 0 Å². The van der Waals surface area contributed by atoms with Crippen molar-refractivity contribution in [2.45, 2.75) is 32.4 Å². The third kappa shape index (κ3) is 4.32. The lowest BCUT2D eigenvalue weighted by Gasteiger charge is -2.21. The lowest BCUT2D eigenvalue weighted by molar-refractivity contribution is 0.0555.